The largest absolute Gasteiger partial charge is 0.497 e. The number of guanidine groups is 1. The van der Waals surface area contributed by atoms with Crippen LogP contribution < -0.4 is 21.2 Å². The average molecular weight is 713 g/mol. The van der Waals surface area contributed by atoms with Crippen molar-refractivity contribution in [2.24, 2.45) is 10.7 Å². The number of carbonyl (C=O) groups is 5. The number of likely N-dealkylation sites (tertiary alicyclic amines) is 1. The summed E-state index contributed by atoms with van der Waals surface area (Å²) in [5.41, 5.74) is 8.68. The molecule has 4 amide bonds. The second-order valence-electron chi connectivity index (χ2n) is 11.7. The van der Waals surface area contributed by atoms with Crippen LogP contribution in [0.1, 0.15) is 36.8 Å². The number of methoxy groups -OCH3 is 1. The highest BCUT2D eigenvalue weighted by atomic mass is 16.7. The number of hydrogen-bond donors (Lipinski definition) is 3. The predicted molar refractivity (Wildman–Crippen MR) is 182 cm³/mol. The van der Waals surface area contributed by atoms with Crippen LogP contribution >= 0.6 is 0 Å². The van der Waals surface area contributed by atoms with E-state index in [1.807, 2.05) is 6.07 Å². The Balaban J connectivity index is 1.60. The van der Waals surface area contributed by atoms with Crippen molar-refractivity contribution in [3.05, 3.63) is 75.8 Å². The molecule has 1 fully saturated rings. The summed E-state index contributed by atoms with van der Waals surface area (Å²) in [6.45, 7) is -0.502. The van der Waals surface area contributed by atoms with Crippen molar-refractivity contribution < 1.29 is 43.2 Å². The van der Waals surface area contributed by atoms with Gasteiger partial charge in [0.05, 0.1) is 7.11 Å². The summed E-state index contributed by atoms with van der Waals surface area (Å²) >= 11 is 0. The third kappa shape index (κ3) is 13.1. The van der Waals surface area contributed by atoms with Crippen LogP contribution in [0.2, 0.25) is 0 Å². The molecule has 1 saturated heterocycles. The maximum absolute atomic E-state index is 13.6. The average Bonchev–Trinajstić information content (AvgIpc) is 3.61. The lowest BCUT2D eigenvalue weighted by atomic mass is 10.1. The second-order valence-corrected chi connectivity index (χ2v) is 11.7. The van der Waals surface area contributed by atoms with Gasteiger partial charge < -0.3 is 40.0 Å². The van der Waals surface area contributed by atoms with E-state index in [9.17, 15) is 34.1 Å². The Labute approximate surface area is 295 Å². The number of benzene rings is 2. The van der Waals surface area contributed by atoms with Crippen LogP contribution in [-0.4, -0.2) is 115 Å². The fraction of sp³-hybridized carbons (Fsp3) is 0.455. The molecule has 0 saturated carbocycles. The molecule has 18 nitrogen and oxygen atoms in total. The van der Waals surface area contributed by atoms with Gasteiger partial charge in [0.15, 0.2) is 5.03 Å². The summed E-state index contributed by atoms with van der Waals surface area (Å²) in [6.07, 6.45) is 0.316. The van der Waals surface area contributed by atoms with Gasteiger partial charge >= 0.3 is 12.1 Å². The summed E-state index contributed by atoms with van der Waals surface area (Å²) < 4.78 is 15.7. The number of aliphatic imine (C=N–C) groups is 1. The lowest BCUT2D eigenvalue weighted by Crippen LogP contribution is -2.54. The zero-order valence-corrected chi connectivity index (χ0v) is 28.8. The number of nitro groups is 1. The minimum Gasteiger partial charge on any atom is -0.497 e. The van der Waals surface area contributed by atoms with E-state index in [0.717, 1.165) is 20.9 Å². The molecule has 0 aromatic heterocycles. The van der Waals surface area contributed by atoms with Crippen molar-refractivity contribution in [2.45, 2.75) is 51.0 Å². The number of hydrazine groups is 1. The Morgan fingerprint density at radius 3 is 2.33 bits per heavy atom. The van der Waals surface area contributed by atoms with Gasteiger partial charge in [0.25, 0.3) is 5.96 Å². The van der Waals surface area contributed by atoms with Crippen LogP contribution in [-0.2, 0) is 41.9 Å². The normalized spacial score (nSPS) is 14.5. The molecule has 0 spiro atoms. The van der Waals surface area contributed by atoms with Gasteiger partial charge in [-0.1, -0.05) is 47.9 Å². The van der Waals surface area contributed by atoms with Crippen LogP contribution in [0.25, 0.3) is 0 Å². The molecule has 18 heteroatoms. The Hall–Kier alpha value is -5.94. The number of nitrogens with two attached hydrogens (primary N) is 1. The maximum atomic E-state index is 13.6. The van der Waals surface area contributed by atoms with E-state index in [2.05, 4.69) is 10.3 Å². The molecule has 2 aromatic rings. The maximum Gasteiger partial charge on any atom is 0.410 e. The Morgan fingerprint density at radius 2 is 1.67 bits per heavy atom. The third-order valence-corrected chi connectivity index (χ3v) is 7.82. The number of ether oxygens (including phenoxy) is 3. The number of likely N-dealkylation sites (N-methyl/N-ethyl adjacent to an activating group) is 2. The smallest absolute Gasteiger partial charge is 0.410 e. The van der Waals surface area contributed by atoms with Gasteiger partial charge in [-0.25, -0.2) is 19.9 Å². The quantitative estimate of drug-likeness (QED) is 0.0517. The molecule has 1 heterocycles. The minimum atomic E-state index is -1.14. The third-order valence-electron chi connectivity index (χ3n) is 7.82. The molecule has 4 N–H and O–H groups in total. The molecule has 1 aliphatic rings. The molecule has 0 aliphatic carbocycles. The highest BCUT2D eigenvalue weighted by molar-refractivity contribution is 5.94. The number of hydrogen-bond acceptors (Lipinski definition) is 11. The van der Waals surface area contributed by atoms with Gasteiger partial charge in [-0.05, 0) is 48.9 Å². The first-order valence-corrected chi connectivity index (χ1v) is 16.1. The molecule has 3 rings (SSSR count). The monoisotopic (exact) mass is 712 g/mol. The number of esters is 1. The first kappa shape index (κ1) is 39.5. The van der Waals surface area contributed by atoms with Gasteiger partial charge in [-0.3, -0.25) is 19.2 Å². The topological polar surface area (TPSA) is 228 Å². The molecule has 2 atom stereocenters. The van der Waals surface area contributed by atoms with Gasteiger partial charge in [0.1, 0.15) is 44.1 Å². The van der Waals surface area contributed by atoms with Crippen LogP contribution in [0.4, 0.5) is 4.79 Å². The molecular weight excluding hydrogens is 668 g/mol. The van der Waals surface area contributed by atoms with E-state index < -0.39 is 59.4 Å². The van der Waals surface area contributed by atoms with Crippen LogP contribution in [0.5, 0.6) is 5.75 Å². The Morgan fingerprint density at radius 1 is 1.00 bits per heavy atom. The van der Waals surface area contributed by atoms with E-state index >= 15 is 0 Å². The first-order chi connectivity index (χ1) is 24.4. The molecule has 51 heavy (non-hydrogen) atoms. The fourth-order valence-corrected chi connectivity index (χ4v) is 5.14. The van der Waals surface area contributed by atoms with E-state index in [1.165, 1.54) is 19.0 Å². The lowest BCUT2D eigenvalue weighted by molar-refractivity contribution is -0.525. The minimum absolute atomic E-state index is 0.00983. The molecule has 276 valence electrons. The van der Waals surface area contributed by atoms with Crippen molar-refractivity contribution >= 4 is 35.7 Å². The molecular formula is C33H44N8O10. The highest BCUT2D eigenvalue weighted by Gasteiger charge is 2.37. The highest BCUT2D eigenvalue weighted by Crippen LogP contribution is 2.19. The summed E-state index contributed by atoms with van der Waals surface area (Å²) in [5, 5.41) is 12.4. The zero-order chi connectivity index (χ0) is 37.3. The van der Waals surface area contributed by atoms with Crippen molar-refractivity contribution in [1.82, 2.24) is 25.4 Å². The molecule has 0 unspecified atom stereocenters. The van der Waals surface area contributed by atoms with E-state index in [-0.39, 0.29) is 45.7 Å². The first-order valence-electron chi connectivity index (χ1n) is 16.1. The standard InChI is InChI=1S/C33H44N8O10/c1-38(20-29(43)50-21-23-9-5-4-6-10-23)31(45)26(11-7-17-35-32(34)37-41(47)48)36-30(44)27-12-8-18-40(27)28(42)19-39(2)33(46)51-22-24-13-15-25(49-3)16-14-24/h4-6,9-10,13-16,26-27H,7-8,11-12,17-22H2,1-3H3,(H,36,44)(H3,34,35,37)/t26-,27-/m0/s1. The van der Waals surface area contributed by atoms with Gasteiger partial charge in [0, 0.05) is 27.2 Å². The number of amides is 4. The zero-order valence-electron chi connectivity index (χ0n) is 28.8. The van der Waals surface area contributed by atoms with Gasteiger partial charge in [-0.15, -0.1) is 0 Å². The van der Waals surface area contributed by atoms with Crippen molar-refractivity contribution in [3.8, 4) is 5.75 Å². The Bertz CT molecular complexity index is 1540. The van der Waals surface area contributed by atoms with Crippen molar-refractivity contribution in [3.63, 3.8) is 0 Å². The molecule has 0 radical (unpaired) electrons. The Kier molecular flexibility index (Phi) is 15.4. The summed E-state index contributed by atoms with van der Waals surface area (Å²) in [5.74, 6) is -2.12. The lowest BCUT2D eigenvalue weighted by Gasteiger charge is -2.29. The molecule has 2 aromatic carbocycles. The fourth-order valence-electron chi connectivity index (χ4n) is 5.14. The van der Waals surface area contributed by atoms with E-state index in [0.29, 0.717) is 18.6 Å². The van der Waals surface area contributed by atoms with Crippen LogP contribution in [0, 0.1) is 10.1 Å². The number of rotatable bonds is 17. The van der Waals surface area contributed by atoms with E-state index in [4.69, 9.17) is 19.9 Å². The number of carbonyl (C=O) groups excluding carboxylic acids is 5. The van der Waals surface area contributed by atoms with Gasteiger partial charge in [-0.2, -0.15) is 0 Å². The number of nitrogens with zero attached hydrogens (tertiary/aromatic N) is 5. The van der Waals surface area contributed by atoms with Crippen molar-refractivity contribution in [1.29, 1.82) is 0 Å². The predicted octanol–water partition coefficient (Wildman–Crippen LogP) is 0.817. The summed E-state index contributed by atoms with van der Waals surface area (Å²) in [7, 11) is 4.34. The molecule has 0 bridgehead atoms. The molecule has 1 aliphatic heterocycles. The summed E-state index contributed by atoms with van der Waals surface area (Å²) in [6, 6.07) is 13.9. The van der Waals surface area contributed by atoms with Crippen LogP contribution in [0.3, 0.4) is 0 Å². The van der Waals surface area contributed by atoms with Crippen molar-refractivity contribution in [2.75, 3.05) is 47.4 Å². The van der Waals surface area contributed by atoms with E-state index in [1.54, 1.807) is 61.1 Å². The number of nitrogens with one attached hydrogen (secondary N) is 2. The van der Waals surface area contributed by atoms with Gasteiger partial charge in [0.2, 0.25) is 17.7 Å². The summed E-state index contributed by atoms with van der Waals surface area (Å²) in [4.78, 5) is 83.4. The second kappa shape index (κ2) is 19.9. The SMILES string of the molecule is COc1ccc(COC(=O)N(C)CC(=O)N2CCC[C@H]2C(=O)N[C@@H](CCCN=C(N)N[N+](=O)[O-])C(=O)N(C)CC(=O)OCc2ccccc2)cc1. The van der Waals surface area contributed by atoms with Crippen LogP contribution in [0.15, 0.2) is 59.6 Å².